The summed E-state index contributed by atoms with van der Waals surface area (Å²) in [5.41, 5.74) is 2.97. The number of aryl methyl sites for hydroxylation is 1. The first-order chi connectivity index (χ1) is 14.9. The number of likely N-dealkylation sites (tertiary alicyclic amines) is 1. The summed E-state index contributed by atoms with van der Waals surface area (Å²) in [4.78, 5) is 40.3. The maximum Gasteiger partial charge on any atom is 0.326 e. The molecule has 3 aromatic rings. The van der Waals surface area contributed by atoms with Gasteiger partial charge in [-0.3, -0.25) is 19.5 Å². The van der Waals surface area contributed by atoms with Crippen molar-refractivity contribution in [1.82, 2.24) is 14.5 Å². The Morgan fingerprint density at radius 2 is 1.97 bits per heavy atom. The maximum absolute atomic E-state index is 12.4. The number of non-ortho nitro benzene ring substituents is 1. The summed E-state index contributed by atoms with van der Waals surface area (Å²) >= 11 is 0. The van der Waals surface area contributed by atoms with Gasteiger partial charge in [0, 0.05) is 49.9 Å². The van der Waals surface area contributed by atoms with E-state index in [2.05, 4.69) is 15.2 Å². The van der Waals surface area contributed by atoms with Crippen LogP contribution in [0.25, 0.3) is 11.0 Å². The monoisotopic (exact) mass is 423 g/mol. The zero-order chi connectivity index (χ0) is 22.0. The fourth-order valence-corrected chi connectivity index (χ4v) is 4.21. The SMILES string of the molecule is Cc1cc([N+](=O)[O-])ccc1NC(=O)CCN1CCC(n2c(=O)[nH]c3ccccc32)CC1. The third-order valence-corrected chi connectivity index (χ3v) is 5.90. The zero-order valence-corrected chi connectivity index (χ0v) is 17.3. The summed E-state index contributed by atoms with van der Waals surface area (Å²) < 4.78 is 1.86. The van der Waals surface area contributed by atoms with E-state index >= 15 is 0 Å². The summed E-state index contributed by atoms with van der Waals surface area (Å²) in [6.45, 7) is 4.01. The zero-order valence-electron chi connectivity index (χ0n) is 17.3. The smallest absolute Gasteiger partial charge is 0.326 e. The van der Waals surface area contributed by atoms with Crippen LogP contribution in [0.1, 0.15) is 30.9 Å². The van der Waals surface area contributed by atoms with E-state index in [0.29, 0.717) is 24.2 Å². The number of nitro benzene ring substituents is 1. The predicted octanol–water partition coefficient (Wildman–Crippen LogP) is 3.21. The molecule has 1 aromatic heterocycles. The van der Waals surface area contributed by atoms with Crippen LogP contribution >= 0.6 is 0 Å². The first-order valence-corrected chi connectivity index (χ1v) is 10.4. The molecule has 1 fully saturated rings. The Bertz CT molecular complexity index is 1170. The number of H-pyrrole nitrogens is 1. The van der Waals surface area contributed by atoms with Crippen LogP contribution in [0.5, 0.6) is 0 Å². The number of imidazole rings is 1. The quantitative estimate of drug-likeness (QED) is 0.467. The molecule has 1 saturated heterocycles. The third-order valence-electron chi connectivity index (χ3n) is 5.90. The van der Waals surface area contributed by atoms with Crippen molar-refractivity contribution in [1.29, 1.82) is 0 Å². The number of anilines is 1. The number of nitrogens with zero attached hydrogens (tertiary/aromatic N) is 3. The molecule has 2 aromatic carbocycles. The Morgan fingerprint density at radius 3 is 2.68 bits per heavy atom. The van der Waals surface area contributed by atoms with E-state index in [1.807, 2.05) is 28.8 Å². The lowest BCUT2D eigenvalue weighted by atomic mass is 10.0. The molecule has 2 N–H and O–H groups in total. The number of carbonyl (C=O) groups is 1. The Morgan fingerprint density at radius 1 is 1.23 bits per heavy atom. The average molecular weight is 423 g/mol. The number of piperidine rings is 1. The van der Waals surface area contributed by atoms with Crippen molar-refractivity contribution in [3.05, 3.63) is 68.6 Å². The van der Waals surface area contributed by atoms with Gasteiger partial charge in [0.2, 0.25) is 5.91 Å². The fraction of sp³-hybridized carbons (Fsp3) is 0.364. The van der Waals surface area contributed by atoms with Crippen LogP contribution in [0.4, 0.5) is 11.4 Å². The van der Waals surface area contributed by atoms with Gasteiger partial charge < -0.3 is 15.2 Å². The van der Waals surface area contributed by atoms with Crippen LogP contribution in [0.3, 0.4) is 0 Å². The van der Waals surface area contributed by atoms with Crippen LogP contribution in [0.2, 0.25) is 0 Å². The molecule has 1 amide bonds. The Balaban J connectivity index is 1.29. The molecule has 9 heteroatoms. The molecule has 31 heavy (non-hydrogen) atoms. The number of hydrogen-bond acceptors (Lipinski definition) is 5. The van der Waals surface area contributed by atoms with E-state index < -0.39 is 4.92 Å². The molecule has 4 rings (SSSR count). The van der Waals surface area contributed by atoms with Gasteiger partial charge in [-0.05, 0) is 43.5 Å². The van der Waals surface area contributed by atoms with Crippen molar-refractivity contribution >= 4 is 28.3 Å². The van der Waals surface area contributed by atoms with E-state index in [0.717, 1.165) is 37.0 Å². The molecule has 0 unspecified atom stereocenters. The number of hydrogen-bond donors (Lipinski definition) is 2. The molecular formula is C22H25N5O4. The highest BCUT2D eigenvalue weighted by Crippen LogP contribution is 2.25. The predicted molar refractivity (Wildman–Crippen MR) is 118 cm³/mol. The topological polar surface area (TPSA) is 113 Å². The van der Waals surface area contributed by atoms with Crippen molar-refractivity contribution in [2.24, 2.45) is 0 Å². The number of para-hydroxylation sites is 2. The van der Waals surface area contributed by atoms with Gasteiger partial charge in [-0.1, -0.05) is 12.1 Å². The van der Waals surface area contributed by atoms with Gasteiger partial charge in [0.15, 0.2) is 0 Å². The molecule has 0 atom stereocenters. The number of nitro groups is 1. The Hall–Kier alpha value is -3.46. The van der Waals surface area contributed by atoms with E-state index in [1.165, 1.54) is 12.1 Å². The second kappa shape index (κ2) is 8.73. The maximum atomic E-state index is 12.4. The van der Waals surface area contributed by atoms with Gasteiger partial charge in [0.1, 0.15) is 0 Å². The second-order valence-electron chi connectivity index (χ2n) is 7.94. The third kappa shape index (κ3) is 4.51. The van der Waals surface area contributed by atoms with Crippen LogP contribution in [0, 0.1) is 17.0 Å². The summed E-state index contributed by atoms with van der Waals surface area (Å²) in [5.74, 6) is -0.119. The Labute approximate surface area is 178 Å². The number of aromatic amines is 1. The molecule has 9 nitrogen and oxygen atoms in total. The molecule has 0 spiro atoms. The average Bonchev–Trinajstić information content (AvgIpc) is 3.09. The van der Waals surface area contributed by atoms with Crippen LogP contribution in [0.15, 0.2) is 47.3 Å². The summed E-state index contributed by atoms with van der Waals surface area (Å²) in [5, 5.41) is 13.7. The highest BCUT2D eigenvalue weighted by molar-refractivity contribution is 5.91. The fourth-order valence-electron chi connectivity index (χ4n) is 4.21. The van der Waals surface area contributed by atoms with Crippen molar-refractivity contribution in [3.8, 4) is 0 Å². The largest absolute Gasteiger partial charge is 0.326 e. The van der Waals surface area contributed by atoms with E-state index in [9.17, 15) is 19.7 Å². The number of rotatable bonds is 6. The van der Waals surface area contributed by atoms with Gasteiger partial charge in [0.05, 0.1) is 16.0 Å². The van der Waals surface area contributed by atoms with Crippen molar-refractivity contribution in [2.75, 3.05) is 25.0 Å². The molecule has 1 aliphatic rings. The molecule has 0 aliphatic carbocycles. The molecule has 0 radical (unpaired) electrons. The summed E-state index contributed by atoms with van der Waals surface area (Å²) in [7, 11) is 0. The molecule has 162 valence electrons. The number of fused-ring (bicyclic) bond motifs is 1. The lowest BCUT2D eigenvalue weighted by molar-refractivity contribution is -0.384. The minimum Gasteiger partial charge on any atom is -0.326 e. The number of amides is 1. The molecule has 2 heterocycles. The summed E-state index contributed by atoms with van der Waals surface area (Å²) in [6.07, 6.45) is 2.05. The minimum absolute atomic E-state index is 0.00711. The molecule has 1 aliphatic heterocycles. The number of benzene rings is 2. The molecule has 0 saturated carbocycles. The van der Waals surface area contributed by atoms with Gasteiger partial charge >= 0.3 is 5.69 Å². The van der Waals surface area contributed by atoms with Crippen LogP contribution < -0.4 is 11.0 Å². The van der Waals surface area contributed by atoms with Crippen LogP contribution in [-0.4, -0.2) is 44.9 Å². The van der Waals surface area contributed by atoms with Crippen molar-refractivity contribution in [2.45, 2.75) is 32.2 Å². The van der Waals surface area contributed by atoms with E-state index in [1.54, 1.807) is 13.0 Å². The van der Waals surface area contributed by atoms with Crippen LogP contribution in [-0.2, 0) is 4.79 Å². The summed E-state index contributed by atoms with van der Waals surface area (Å²) in [6, 6.07) is 12.3. The number of nitrogens with one attached hydrogen (secondary N) is 2. The highest BCUT2D eigenvalue weighted by atomic mass is 16.6. The second-order valence-corrected chi connectivity index (χ2v) is 7.94. The normalized spacial score (nSPS) is 15.3. The lowest BCUT2D eigenvalue weighted by Gasteiger charge is -2.32. The van der Waals surface area contributed by atoms with Crippen molar-refractivity contribution in [3.63, 3.8) is 0 Å². The van der Waals surface area contributed by atoms with E-state index in [-0.39, 0.29) is 23.3 Å². The van der Waals surface area contributed by atoms with Gasteiger partial charge in [-0.15, -0.1) is 0 Å². The number of carbonyl (C=O) groups excluding carboxylic acids is 1. The van der Waals surface area contributed by atoms with E-state index in [4.69, 9.17) is 0 Å². The number of aromatic nitrogens is 2. The van der Waals surface area contributed by atoms with Gasteiger partial charge in [0.25, 0.3) is 5.69 Å². The molecular weight excluding hydrogens is 398 g/mol. The lowest BCUT2D eigenvalue weighted by Crippen LogP contribution is -2.38. The Kier molecular flexibility index (Phi) is 5.85. The molecule has 0 bridgehead atoms. The highest BCUT2D eigenvalue weighted by Gasteiger charge is 2.23. The van der Waals surface area contributed by atoms with Crippen molar-refractivity contribution < 1.29 is 9.72 Å². The van der Waals surface area contributed by atoms with Gasteiger partial charge in [-0.2, -0.15) is 0 Å². The minimum atomic E-state index is -0.452. The standard InChI is InChI=1S/C22H25N5O4/c1-15-14-17(27(30)31)6-7-18(15)23-21(28)10-13-25-11-8-16(9-12-25)26-20-5-3-2-4-19(20)24-22(26)29/h2-7,14,16H,8-13H2,1H3,(H,23,28)(H,24,29). The van der Waals surface area contributed by atoms with Gasteiger partial charge in [-0.25, -0.2) is 4.79 Å². The first-order valence-electron chi connectivity index (χ1n) is 10.4. The first kappa shape index (κ1) is 20.8.